The average molecular weight is 421 g/mol. The Morgan fingerprint density at radius 3 is 2.88 bits per heavy atom. The highest BCUT2D eigenvalue weighted by Crippen LogP contribution is 2.33. The van der Waals surface area contributed by atoms with Crippen molar-refractivity contribution < 1.29 is 14.3 Å². The molecular weight excluding hydrogens is 400 g/mol. The minimum absolute atomic E-state index is 0.156. The second-order valence-corrected chi connectivity index (χ2v) is 6.99. The molecule has 2 N–H and O–H groups in total. The van der Waals surface area contributed by atoms with E-state index in [0.717, 1.165) is 27.8 Å². The molecule has 2 amide bonds. The molecule has 0 saturated carbocycles. The van der Waals surface area contributed by atoms with Gasteiger partial charge in [-0.2, -0.15) is 0 Å². The molecule has 7 nitrogen and oxygen atoms in total. The molecule has 2 aromatic rings. The molecular formula is C18H21BrN4O3. The maximum Gasteiger partial charge on any atom is 0.318 e. The van der Waals surface area contributed by atoms with Gasteiger partial charge >= 0.3 is 12.0 Å². The lowest BCUT2D eigenvalue weighted by molar-refractivity contribution is -0.140. The number of nitrogens with zero attached hydrogens (tertiary/aromatic N) is 2. The number of urea groups is 1. The van der Waals surface area contributed by atoms with E-state index >= 15 is 0 Å². The number of nitrogens with one attached hydrogen (secondary N) is 2. The summed E-state index contributed by atoms with van der Waals surface area (Å²) in [5, 5.41) is 2.90. The number of aromatic nitrogens is 2. The van der Waals surface area contributed by atoms with Gasteiger partial charge in [0, 0.05) is 36.1 Å². The zero-order chi connectivity index (χ0) is 18.5. The van der Waals surface area contributed by atoms with Crippen LogP contribution in [0.4, 0.5) is 4.79 Å². The number of benzene rings is 1. The third kappa shape index (κ3) is 4.07. The maximum atomic E-state index is 12.7. The van der Waals surface area contributed by atoms with E-state index in [1.54, 1.807) is 11.2 Å². The molecule has 1 aliphatic heterocycles. The summed E-state index contributed by atoms with van der Waals surface area (Å²) in [6.07, 6.45) is 3.24. The van der Waals surface area contributed by atoms with Gasteiger partial charge in [0.15, 0.2) is 0 Å². The van der Waals surface area contributed by atoms with E-state index in [9.17, 15) is 9.59 Å². The van der Waals surface area contributed by atoms with E-state index in [2.05, 4.69) is 36.0 Å². The Hall–Kier alpha value is -2.35. The SMILES string of the molecule is COC(=O)CCCNC(=O)N1CCc2[nH]cnc2[C@H]1c1ccc(Br)cc1. The quantitative estimate of drug-likeness (QED) is 0.574. The number of hydrogen-bond donors (Lipinski definition) is 2. The van der Waals surface area contributed by atoms with E-state index in [1.807, 2.05) is 24.3 Å². The normalized spacial score (nSPS) is 16.1. The van der Waals surface area contributed by atoms with Crippen LogP contribution in [-0.4, -0.2) is 47.1 Å². The van der Waals surface area contributed by atoms with Crippen molar-refractivity contribution in [3.05, 3.63) is 52.0 Å². The first-order chi connectivity index (χ1) is 12.6. The minimum atomic E-state index is -0.272. The molecule has 0 saturated heterocycles. The Balaban J connectivity index is 1.73. The van der Waals surface area contributed by atoms with Crippen molar-refractivity contribution in [2.24, 2.45) is 0 Å². The van der Waals surface area contributed by atoms with Gasteiger partial charge in [0.2, 0.25) is 0 Å². The second kappa shape index (κ2) is 8.35. The largest absolute Gasteiger partial charge is 0.469 e. The van der Waals surface area contributed by atoms with Gasteiger partial charge in [-0.25, -0.2) is 9.78 Å². The van der Waals surface area contributed by atoms with Gasteiger partial charge in [0.25, 0.3) is 0 Å². The fourth-order valence-electron chi connectivity index (χ4n) is 3.11. The third-order valence-corrected chi connectivity index (χ3v) is 4.96. The number of carbonyl (C=O) groups excluding carboxylic acids is 2. The number of rotatable bonds is 5. The third-order valence-electron chi connectivity index (χ3n) is 4.43. The van der Waals surface area contributed by atoms with Crippen LogP contribution in [0.25, 0.3) is 0 Å². The Labute approximate surface area is 160 Å². The van der Waals surface area contributed by atoms with Crippen molar-refractivity contribution in [3.8, 4) is 0 Å². The zero-order valence-corrected chi connectivity index (χ0v) is 16.1. The molecule has 0 aliphatic carbocycles. The van der Waals surface area contributed by atoms with Crippen LogP contribution in [0.2, 0.25) is 0 Å². The first kappa shape index (κ1) is 18.4. The van der Waals surface area contributed by atoms with E-state index in [0.29, 0.717) is 19.5 Å². The molecule has 1 atom stereocenters. The monoisotopic (exact) mass is 420 g/mol. The molecule has 0 radical (unpaired) electrons. The molecule has 1 aromatic carbocycles. The number of esters is 1. The number of H-pyrrole nitrogens is 1. The van der Waals surface area contributed by atoms with Gasteiger partial charge in [-0.1, -0.05) is 28.1 Å². The van der Waals surface area contributed by atoms with Crippen LogP contribution in [0.1, 0.15) is 35.8 Å². The van der Waals surface area contributed by atoms with Crippen LogP contribution < -0.4 is 5.32 Å². The van der Waals surface area contributed by atoms with Crippen LogP contribution >= 0.6 is 15.9 Å². The van der Waals surface area contributed by atoms with Crippen molar-refractivity contribution in [3.63, 3.8) is 0 Å². The molecule has 0 unspecified atom stereocenters. The molecule has 8 heteroatoms. The zero-order valence-electron chi connectivity index (χ0n) is 14.5. The topological polar surface area (TPSA) is 87.3 Å². The first-order valence-corrected chi connectivity index (χ1v) is 9.28. The number of amides is 2. The predicted molar refractivity (Wildman–Crippen MR) is 99.6 cm³/mol. The summed E-state index contributed by atoms with van der Waals surface area (Å²) in [6.45, 7) is 1.02. The first-order valence-electron chi connectivity index (χ1n) is 8.49. The van der Waals surface area contributed by atoms with Gasteiger partial charge in [-0.15, -0.1) is 0 Å². The Bertz CT molecular complexity index is 775. The predicted octanol–water partition coefficient (Wildman–Crippen LogP) is 2.78. The lowest BCUT2D eigenvalue weighted by Crippen LogP contribution is -2.46. The summed E-state index contributed by atoms with van der Waals surface area (Å²) >= 11 is 3.44. The fraction of sp³-hybridized carbons (Fsp3) is 0.389. The molecule has 1 aromatic heterocycles. The van der Waals surface area contributed by atoms with Crippen LogP contribution in [0.15, 0.2) is 35.1 Å². The Morgan fingerprint density at radius 2 is 2.15 bits per heavy atom. The number of ether oxygens (including phenoxy) is 1. The molecule has 1 aliphatic rings. The highest BCUT2D eigenvalue weighted by molar-refractivity contribution is 9.10. The van der Waals surface area contributed by atoms with Gasteiger partial charge in [-0.05, 0) is 24.1 Å². The lowest BCUT2D eigenvalue weighted by Gasteiger charge is -2.35. The lowest BCUT2D eigenvalue weighted by atomic mass is 9.96. The number of methoxy groups -OCH3 is 1. The van der Waals surface area contributed by atoms with Gasteiger partial charge in [0.05, 0.1) is 19.1 Å². The van der Waals surface area contributed by atoms with E-state index in [1.165, 1.54) is 7.11 Å². The van der Waals surface area contributed by atoms with Crippen molar-refractivity contribution >= 4 is 27.9 Å². The molecule has 0 bridgehead atoms. The number of carbonyl (C=O) groups is 2. The number of imidazole rings is 1. The highest BCUT2D eigenvalue weighted by atomic mass is 79.9. The van der Waals surface area contributed by atoms with Gasteiger partial charge in [-0.3, -0.25) is 4.79 Å². The fourth-order valence-corrected chi connectivity index (χ4v) is 3.37. The van der Waals surface area contributed by atoms with Gasteiger partial charge < -0.3 is 19.9 Å². The summed E-state index contributed by atoms with van der Waals surface area (Å²) in [5.41, 5.74) is 2.95. The van der Waals surface area contributed by atoms with E-state index in [4.69, 9.17) is 0 Å². The summed E-state index contributed by atoms with van der Waals surface area (Å²) in [7, 11) is 1.36. The standard InChI is InChI=1S/C18H21BrN4O3/c1-26-15(24)3-2-9-20-18(25)23-10-8-14-16(22-11-21-14)17(23)12-4-6-13(19)7-5-12/h4-7,11,17H,2-3,8-10H2,1H3,(H,20,25)(H,21,22)/t17-/m1/s1. The smallest absolute Gasteiger partial charge is 0.318 e. The van der Waals surface area contributed by atoms with Crippen LogP contribution in [0.5, 0.6) is 0 Å². The maximum absolute atomic E-state index is 12.7. The average Bonchev–Trinajstić information content (AvgIpc) is 3.13. The van der Waals surface area contributed by atoms with Crippen LogP contribution in [-0.2, 0) is 16.0 Å². The van der Waals surface area contributed by atoms with Crippen LogP contribution in [0.3, 0.4) is 0 Å². The summed E-state index contributed by atoms with van der Waals surface area (Å²) < 4.78 is 5.60. The number of halogens is 1. The van der Waals surface area contributed by atoms with Gasteiger partial charge in [0.1, 0.15) is 6.04 Å². The van der Waals surface area contributed by atoms with Crippen molar-refractivity contribution in [2.45, 2.75) is 25.3 Å². The highest BCUT2D eigenvalue weighted by Gasteiger charge is 2.33. The summed E-state index contributed by atoms with van der Waals surface area (Å²) in [5.74, 6) is -0.272. The molecule has 2 heterocycles. The molecule has 0 fully saturated rings. The van der Waals surface area contributed by atoms with E-state index in [-0.39, 0.29) is 24.5 Å². The summed E-state index contributed by atoms with van der Waals surface area (Å²) in [4.78, 5) is 33.3. The van der Waals surface area contributed by atoms with E-state index < -0.39 is 0 Å². The second-order valence-electron chi connectivity index (χ2n) is 6.08. The molecule has 26 heavy (non-hydrogen) atoms. The van der Waals surface area contributed by atoms with Crippen LogP contribution in [0, 0.1) is 0 Å². The number of fused-ring (bicyclic) bond motifs is 1. The summed E-state index contributed by atoms with van der Waals surface area (Å²) in [6, 6.07) is 7.52. The number of aromatic amines is 1. The van der Waals surface area contributed by atoms with Crippen molar-refractivity contribution in [1.82, 2.24) is 20.2 Å². The molecule has 138 valence electrons. The van der Waals surface area contributed by atoms with Crippen molar-refractivity contribution in [1.29, 1.82) is 0 Å². The number of hydrogen-bond acceptors (Lipinski definition) is 4. The molecule has 0 spiro atoms. The Morgan fingerprint density at radius 1 is 1.38 bits per heavy atom. The minimum Gasteiger partial charge on any atom is -0.469 e. The Kier molecular flexibility index (Phi) is 5.92. The van der Waals surface area contributed by atoms with Crippen molar-refractivity contribution in [2.75, 3.05) is 20.2 Å². The molecule has 3 rings (SSSR count).